The number of hydrogen-bond donors (Lipinski definition) is 3. The second-order valence-electron chi connectivity index (χ2n) is 10.3. The molecule has 0 bridgehead atoms. The second kappa shape index (κ2) is 10.7. The number of nitrogens with two attached hydrogens (primary N) is 1. The maximum absolute atomic E-state index is 13.4. The van der Waals surface area contributed by atoms with E-state index < -0.39 is 5.60 Å². The number of nitrogen functional groups attached to an aromatic ring is 1. The summed E-state index contributed by atoms with van der Waals surface area (Å²) in [5, 5.41) is 0.463. The first-order valence-electron chi connectivity index (χ1n) is 12.4. The number of nitrogens with zero attached hydrogens (tertiary/aromatic N) is 4. The highest BCUT2D eigenvalue weighted by Crippen LogP contribution is 2.39. The van der Waals surface area contributed by atoms with E-state index in [9.17, 15) is 9.59 Å². The SMILES string of the molecule is CC[C@H]1C[C@@H](n2c(Br)c(C(=O)NN[C@H](C)c3ccccc3)c3c(N)ncnc32)CN1C(=O)OC(C)(C)C. The number of rotatable bonds is 6. The molecule has 0 saturated carbocycles. The molecule has 11 heteroatoms. The Labute approximate surface area is 225 Å². The summed E-state index contributed by atoms with van der Waals surface area (Å²) in [6.45, 7) is 9.99. The molecule has 1 saturated heterocycles. The van der Waals surface area contributed by atoms with Gasteiger partial charge in [-0.25, -0.2) is 20.2 Å². The van der Waals surface area contributed by atoms with E-state index in [0.29, 0.717) is 34.2 Å². The lowest BCUT2D eigenvalue weighted by molar-refractivity contribution is 0.0219. The Hall–Kier alpha value is -3.18. The molecule has 1 aliphatic heterocycles. The van der Waals surface area contributed by atoms with Gasteiger partial charge in [0.25, 0.3) is 5.91 Å². The van der Waals surface area contributed by atoms with Crippen LogP contribution in [0.5, 0.6) is 0 Å². The van der Waals surface area contributed by atoms with Crippen LogP contribution in [0.3, 0.4) is 0 Å². The predicted octanol–water partition coefficient (Wildman–Crippen LogP) is 4.73. The third-order valence-corrected chi connectivity index (χ3v) is 7.32. The molecule has 4 N–H and O–H groups in total. The molecule has 1 aliphatic rings. The monoisotopic (exact) mass is 571 g/mol. The van der Waals surface area contributed by atoms with Gasteiger partial charge in [0.05, 0.1) is 17.0 Å². The minimum Gasteiger partial charge on any atom is -0.444 e. The van der Waals surface area contributed by atoms with Crippen LogP contribution in [0.4, 0.5) is 10.6 Å². The van der Waals surface area contributed by atoms with E-state index in [2.05, 4.69) is 36.7 Å². The van der Waals surface area contributed by atoms with Crippen molar-refractivity contribution in [2.75, 3.05) is 12.3 Å². The van der Waals surface area contributed by atoms with Gasteiger partial charge < -0.3 is 19.9 Å². The Bertz CT molecular complexity index is 1290. The molecule has 1 fully saturated rings. The van der Waals surface area contributed by atoms with Gasteiger partial charge in [0.2, 0.25) is 0 Å². The van der Waals surface area contributed by atoms with Crippen LogP contribution in [0.1, 0.15) is 75.5 Å². The molecule has 3 heterocycles. The highest BCUT2D eigenvalue weighted by molar-refractivity contribution is 9.10. The molecule has 37 heavy (non-hydrogen) atoms. The van der Waals surface area contributed by atoms with Crippen LogP contribution in [0.2, 0.25) is 0 Å². The number of hydrazine groups is 1. The molecule has 2 amide bonds. The number of likely N-dealkylation sites (tertiary alicyclic amines) is 1. The summed E-state index contributed by atoms with van der Waals surface area (Å²) in [4.78, 5) is 36.8. The van der Waals surface area contributed by atoms with E-state index in [0.717, 1.165) is 12.0 Å². The van der Waals surface area contributed by atoms with Gasteiger partial charge in [-0.05, 0) is 62.0 Å². The van der Waals surface area contributed by atoms with Gasteiger partial charge in [-0.15, -0.1) is 0 Å². The van der Waals surface area contributed by atoms with Crippen LogP contribution in [0.15, 0.2) is 41.3 Å². The minimum absolute atomic E-state index is 0.00551. The zero-order valence-electron chi connectivity index (χ0n) is 21.8. The van der Waals surface area contributed by atoms with E-state index in [4.69, 9.17) is 10.5 Å². The maximum atomic E-state index is 13.4. The number of halogens is 1. The molecular formula is C26H34BrN7O3. The van der Waals surface area contributed by atoms with Gasteiger partial charge >= 0.3 is 6.09 Å². The Morgan fingerprint density at radius 3 is 2.59 bits per heavy atom. The van der Waals surface area contributed by atoms with E-state index in [1.165, 1.54) is 6.33 Å². The summed E-state index contributed by atoms with van der Waals surface area (Å²) in [5.41, 5.74) is 13.4. The molecule has 0 spiro atoms. The maximum Gasteiger partial charge on any atom is 0.410 e. The average molecular weight is 573 g/mol. The van der Waals surface area contributed by atoms with Gasteiger partial charge in [0, 0.05) is 18.6 Å². The van der Waals surface area contributed by atoms with Crippen LogP contribution < -0.4 is 16.6 Å². The lowest BCUT2D eigenvalue weighted by Gasteiger charge is -2.28. The molecular weight excluding hydrogens is 538 g/mol. The first-order chi connectivity index (χ1) is 17.5. The molecule has 1 aromatic carbocycles. The molecule has 3 aromatic rings. The van der Waals surface area contributed by atoms with Gasteiger partial charge in [-0.1, -0.05) is 37.3 Å². The highest BCUT2D eigenvalue weighted by atomic mass is 79.9. The van der Waals surface area contributed by atoms with Crippen LogP contribution in [0, 0.1) is 0 Å². The Balaban J connectivity index is 1.65. The summed E-state index contributed by atoms with van der Waals surface area (Å²) in [6.07, 6.45) is 2.50. The zero-order valence-corrected chi connectivity index (χ0v) is 23.4. The number of anilines is 1. The molecule has 198 valence electrons. The quantitative estimate of drug-likeness (QED) is 0.365. The molecule has 10 nitrogen and oxygen atoms in total. The third kappa shape index (κ3) is 5.57. The van der Waals surface area contributed by atoms with E-state index in [-0.39, 0.29) is 35.9 Å². The van der Waals surface area contributed by atoms with Crippen molar-refractivity contribution < 1.29 is 14.3 Å². The number of carbonyl (C=O) groups excluding carboxylic acids is 2. The van der Waals surface area contributed by atoms with Gasteiger partial charge in [0.1, 0.15) is 28.0 Å². The number of ether oxygens (including phenoxy) is 1. The zero-order chi connectivity index (χ0) is 26.9. The summed E-state index contributed by atoms with van der Waals surface area (Å²) in [6, 6.07) is 9.55. The Morgan fingerprint density at radius 1 is 1.24 bits per heavy atom. The molecule has 3 atom stereocenters. The fourth-order valence-corrected chi connectivity index (χ4v) is 5.58. The number of fused-ring (bicyclic) bond motifs is 1. The normalized spacial score (nSPS) is 18.7. The van der Waals surface area contributed by atoms with Crippen molar-refractivity contribution in [1.29, 1.82) is 0 Å². The van der Waals surface area contributed by atoms with E-state index in [1.54, 1.807) is 4.90 Å². The second-order valence-corrected chi connectivity index (χ2v) is 11.1. The molecule has 0 radical (unpaired) electrons. The van der Waals surface area contributed by atoms with Crippen LogP contribution in [-0.4, -0.2) is 49.6 Å². The number of carbonyl (C=O) groups is 2. The number of aromatic nitrogens is 3. The van der Waals surface area contributed by atoms with Crippen LogP contribution in [0.25, 0.3) is 11.0 Å². The van der Waals surface area contributed by atoms with Crippen molar-refractivity contribution in [3.05, 3.63) is 52.4 Å². The van der Waals surface area contributed by atoms with Gasteiger partial charge in [0.15, 0.2) is 0 Å². The molecule has 0 aliphatic carbocycles. The number of hydrogen-bond acceptors (Lipinski definition) is 7. The molecule has 4 rings (SSSR count). The smallest absolute Gasteiger partial charge is 0.410 e. The van der Waals surface area contributed by atoms with Crippen LogP contribution in [-0.2, 0) is 4.74 Å². The summed E-state index contributed by atoms with van der Waals surface area (Å²) >= 11 is 3.66. The van der Waals surface area contributed by atoms with Crippen LogP contribution >= 0.6 is 15.9 Å². The highest BCUT2D eigenvalue weighted by Gasteiger charge is 2.40. The summed E-state index contributed by atoms with van der Waals surface area (Å²) in [7, 11) is 0. The predicted molar refractivity (Wildman–Crippen MR) is 146 cm³/mol. The lowest BCUT2D eigenvalue weighted by atomic mass is 10.1. The standard InChI is InChI=1S/C26H34BrN7O3/c1-6-17-12-18(13-33(17)25(36)37-26(3,4)5)34-21(27)19(20-22(28)29-14-30-23(20)34)24(35)32-31-15(2)16-10-8-7-9-11-16/h7-11,14-15,17-18,31H,6,12-13H2,1-5H3,(H,32,35)(H2,28,29,30)/t15-,17+,18-/m1/s1. The Morgan fingerprint density at radius 2 is 1.95 bits per heavy atom. The Kier molecular flexibility index (Phi) is 7.75. The summed E-state index contributed by atoms with van der Waals surface area (Å²) in [5.74, 6) is -0.159. The van der Waals surface area contributed by atoms with Crippen molar-refractivity contribution in [2.24, 2.45) is 0 Å². The third-order valence-electron chi connectivity index (χ3n) is 6.54. The minimum atomic E-state index is -0.592. The number of benzene rings is 1. The average Bonchev–Trinajstić information content (AvgIpc) is 3.40. The fourth-order valence-electron chi connectivity index (χ4n) is 4.74. The molecule has 2 aromatic heterocycles. The first-order valence-corrected chi connectivity index (χ1v) is 13.2. The van der Waals surface area contributed by atoms with E-state index in [1.807, 2.05) is 69.5 Å². The largest absolute Gasteiger partial charge is 0.444 e. The number of amides is 2. The molecule has 0 unspecified atom stereocenters. The van der Waals surface area contributed by atoms with E-state index >= 15 is 0 Å². The van der Waals surface area contributed by atoms with Crippen molar-refractivity contribution in [2.45, 2.75) is 71.2 Å². The lowest BCUT2D eigenvalue weighted by Crippen LogP contribution is -2.39. The fraction of sp³-hybridized carbons (Fsp3) is 0.462. The van der Waals surface area contributed by atoms with Gasteiger partial charge in [-0.3, -0.25) is 10.2 Å². The van der Waals surface area contributed by atoms with Gasteiger partial charge in [-0.2, -0.15) is 0 Å². The summed E-state index contributed by atoms with van der Waals surface area (Å²) < 4.78 is 8.13. The van der Waals surface area contributed by atoms with Crippen molar-refractivity contribution in [3.63, 3.8) is 0 Å². The number of nitrogens with one attached hydrogen (secondary N) is 2. The van der Waals surface area contributed by atoms with Crippen molar-refractivity contribution >= 4 is 44.8 Å². The van der Waals surface area contributed by atoms with Crippen molar-refractivity contribution in [3.8, 4) is 0 Å². The van der Waals surface area contributed by atoms with Crippen molar-refractivity contribution in [1.82, 2.24) is 30.3 Å². The first kappa shape index (κ1) is 26.9. The topological polar surface area (TPSA) is 127 Å².